The zero-order valence-corrected chi connectivity index (χ0v) is 11.0. The normalized spacial score (nSPS) is 13.7. The van der Waals surface area contributed by atoms with Gasteiger partial charge in [0, 0.05) is 19.6 Å². The first-order chi connectivity index (χ1) is 8.47. The number of aliphatic hydroxyl groups is 1. The lowest BCUT2D eigenvalue weighted by Crippen LogP contribution is -2.44. The number of ether oxygens (including phenoxy) is 1. The molecule has 0 bridgehead atoms. The molecule has 0 amide bonds. The van der Waals surface area contributed by atoms with Crippen molar-refractivity contribution < 1.29 is 18.6 Å². The molecule has 1 N–H and O–H groups in total. The third kappa shape index (κ3) is 3.27. The van der Waals surface area contributed by atoms with Gasteiger partial charge in [-0.15, -0.1) is 0 Å². The minimum Gasteiger partial charge on any atom is -0.390 e. The van der Waals surface area contributed by atoms with Crippen LogP contribution < -0.4 is 0 Å². The lowest BCUT2D eigenvalue weighted by molar-refractivity contribution is -0.106. The zero-order chi connectivity index (χ0) is 13.8. The van der Waals surface area contributed by atoms with Crippen LogP contribution in [0, 0.1) is 11.6 Å². The predicted octanol–water partition coefficient (Wildman–Crippen LogP) is 3.07. The van der Waals surface area contributed by atoms with Gasteiger partial charge >= 0.3 is 0 Å². The summed E-state index contributed by atoms with van der Waals surface area (Å²) >= 11 is 0. The van der Waals surface area contributed by atoms with E-state index in [1.54, 1.807) is 7.11 Å². The third-order valence-electron chi connectivity index (χ3n) is 3.56. The van der Waals surface area contributed by atoms with Gasteiger partial charge in [-0.25, -0.2) is 8.78 Å². The van der Waals surface area contributed by atoms with Crippen molar-refractivity contribution in [1.29, 1.82) is 0 Å². The summed E-state index contributed by atoms with van der Waals surface area (Å²) in [7, 11) is 1.54. The van der Waals surface area contributed by atoms with Crippen LogP contribution in [0.15, 0.2) is 18.2 Å². The monoisotopic (exact) mass is 258 g/mol. The number of halogens is 2. The SMILES string of the molecule is CCC(CC)(OC)C(O)Cc1cc(F)cc(F)c1. The first-order valence-corrected chi connectivity index (χ1v) is 6.15. The Morgan fingerprint density at radius 3 is 2.06 bits per heavy atom. The van der Waals surface area contributed by atoms with Crippen LogP contribution in [-0.4, -0.2) is 23.9 Å². The highest BCUT2D eigenvalue weighted by Crippen LogP contribution is 2.26. The second-order valence-corrected chi connectivity index (χ2v) is 4.47. The van der Waals surface area contributed by atoms with E-state index < -0.39 is 23.3 Å². The average Bonchev–Trinajstić information content (AvgIpc) is 2.30. The Hall–Kier alpha value is -1.00. The van der Waals surface area contributed by atoms with Crippen molar-refractivity contribution in [3.63, 3.8) is 0 Å². The van der Waals surface area contributed by atoms with E-state index in [1.165, 1.54) is 12.1 Å². The Kier molecular flexibility index (Phi) is 5.23. The first kappa shape index (κ1) is 15.1. The molecule has 0 radical (unpaired) electrons. The molecule has 0 fully saturated rings. The van der Waals surface area contributed by atoms with Gasteiger partial charge < -0.3 is 9.84 Å². The summed E-state index contributed by atoms with van der Waals surface area (Å²) in [5.41, 5.74) is -0.230. The molecule has 2 nitrogen and oxygen atoms in total. The number of benzene rings is 1. The summed E-state index contributed by atoms with van der Waals surface area (Å²) in [5, 5.41) is 10.2. The molecule has 4 heteroatoms. The number of hydrogen-bond acceptors (Lipinski definition) is 2. The number of methoxy groups -OCH3 is 1. The molecule has 1 aromatic rings. The average molecular weight is 258 g/mol. The van der Waals surface area contributed by atoms with Gasteiger partial charge in [0.25, 0.3) is 0 Å². The molecule has 18 heavy (non-hydrogen) atoms. The lowest BCUT2D eigenvalue weighted by Gasteiger charge is -2.35. The van der Waals surface area contributed by atoms with Crippen LogP contribution in [0.4, 0.5) is 8.78 Å². The fourth-order valence-corrected chi connectivity index (χ4v) is 2.28. The van der Waals surface area contributed by atoms with E-state index in [-0.39, 0.29) is 6.42 Å². The van der Waals surface area contributed by atoms with Crippen LogP contribution in [0.5, 0.6) is 0 Å². The van der Waals surface area contributed by atoms with E-state index in [4.69, 9.17) is 4.74 Å². The van der Waals surface area contributed by atoms with Gasteiger partial charge in [-0.05, 0) is 30.5 Å². The summed E-state index contributed by atoms with van der Waals surface area (Å²) in [5.74, 6) is -1.26. The smallest absolute Gasteiger partial charge is 0.126 e. The van der Waals surface area contributed by atoms with E-state index in [2.05, 4.69) is 0 Å². The Morgan fingerprint density at radius 2 is 1.67 bits per heavy atom. The molecular formula is C14H20F2O2. The molecule has 0 aliphatic heterocycles. The lowest BCUT2D eigenvalue weighted by atomic mass is 9.86. The minimum absolute atomic E-state index is 0.171. The Labute approximate surface area is 107 Å². The highest BCUT2D eigenvalue weighted by Gasteiger charge is 2.34. The van der Waals surface area contributed by atoms with Gasteiger partial charge in [0.05, 0.1) is 11.7 Å². The van der Waals surface area contributed by atoms with Crippen molar-refractivity contribution in [3.8, 4) is 0 Å². The van der Waals surface area contributed by atoms with E-state index in [9.17, 15) is 13.9 Å². The van der Waals surface area contributed by atoms with Gasteiger partial charge in [0.1, 0.15) is 11.6 Å². The van der Waals surface area contributed by atoms with E-state index in [0.29, 0.717) is 18.4 Å². The number of rotatable bonds is 6. The van der Waals surface area contributed by atoms with Crippen molar-refractivity contribution in [2.24, 2.45) is 0 Å². The standard InChI is InChI=1S/C14H20F2O2/c1-4-14(5-2,18-3)13(17)8-10-6-11(15)9-12(16)7-10/h6-7,9,13,17H,4-5,8H2,1-3H3. The summed E-state index contributed by atoms with van der Waals surface area (Å²) in [4.78, 5) is 0. The second kappa shape index (κ2) is 6.25. The molecule has 1 unspecified atom stereocenters. The Bertz CT molecular complexity index is 361. The maximum absolute atomic E-state index is 13.1. The van der Waals surface area contributed by atoms with Crippen LogP contribution >= 0.6 is 0 Å². The molecule has 0 aliphatic carbocycles. The molecule has 1 atom stereocenters. The summed E-state index contributed by atoms with van der Waals surface area (Å²) in [6.45, 7) is 3.84. The topological polar surface area (TPSA) is 29.5 Å². The maximum atomic E-state index is 13.1. The van der Waals surface area contributed by atoms with E-state index in [1.807, 2.05) is 13.8 Å². The highest BCUT2D eigenvalue weighted by molar-refractivity contribution is 5.19. The Balaban J connectivity index is 2.88. The quantitative estimate of drug-likeness (QED) is 0.849. The van der Waals surface area contributed by atoms with Crippen LogP contribution in [-0.2, 0) is 11.2 Å². The number of aliphatic hydroxyl groups excluding tert-OH is 1. The summed E-state index contributed by atoms with van der Waals surface area (Å²) in [6, 6.07) is 3.29. The van der Waals surface area contributed by atoms with Crippen LogP contribution in [0.3, 0.4) is 0 Å². The van der Waals surface area contributed by atoms with Crippen molar-refractivity contribution in [2.45, 2.75) is 44.8 Å². The highest BCUT2D eigenvalue weighted by atomic mass is 19.1. The van der Waals surface area contributed by atoms with Crippen LogP contribution in [0.25, 0.3) is 0 Å². The molecule has 0 spiro atoms. The van der Waals surface area contributed by atoms with Gasteiger partial charge in [-0.1, -0.05) is 13.8 Å². The van der Waals surface area contributed by atoms with Gasteiger partial charge in [-0.2, -0.15) is 0 Å². The van der Waals surface area contributed by atoms with Crippen LogP contribution in [0.1, 0.15) is 32.3 Å². The van der Waals surface area contributed by atoms with Crippen molar-refractivity contribution >= 4 is 0 Å². The van der Waals surface area contributed by atoms with Gasteiger partial charge in [-0.3, -0.25) is 0 Å². The van der Waals surface area contributed by atoms with Crippen molar-refractivity contribution in [3.05, 3.63) is 35.4 Å². The van der Waals surface area contributed by atoms with Gasteiger partial charge in [0.2, 0.25) is 0 Å². The molecule has 0 aliphatic rings. The van der Waals surface area contributed by atoms with Gasteiger partial charge in [0.15, 0.2) is 0 Å². The van der Waals surface area contributed by atoms with Crippen LogP contribution in [0.2, 0.25) is 0 Å². The second-order valence-electron chi connectivity index (χ2n) is 4.47. The maximum Gasteiger partial charge on any atom is 0.126 e. The molecule has 0 saturated carbocycles. The summed E-state index contributed by atoms with van der Waals surface area (Å²) in [6.07, 6.45) is 0.654. The van der Waals surface area contributed by atoms with Crippen molar-refractivity contribution in [2.75, 3.05) is 7.11 Å². The molecule has 1 aromatic carbocycles. The predicted molar refractivity (Wildman–Crippen MR) is 66.4 cm³/mol. The molecule has 1 rings (SSSR count). The number of hydrogen-bond donors (Lipinski definition) is 1. The van der Waals surface area contributed by atoms with E-state index >= 15 is 0 Å². The largest absolute Gasteiger partial charge is 0.390 e. The fraction of sp³-hybridized carbons (Fsp3) is 0.571. The molecule has 102 valence electrons. The van der Waals surface area contributed by atoms with E-state index in [0.717, 1.165) is 6.07 Å². The zero-order valence-electron chi connectivity index (χ0n) is 11.0. The fourth-order valence-electron chi connectivity index (χ4n) is 2.28. The minimum atomic E-state index is -0.793. The molecule has 0 aromatic heterocycles. The molecule has 0 heterocycles. The summed E-state index contributed by atoms with van der Waals surface area (Å²) < 4.78 is 31.5. The Morgan fingerprint density at radius 1 is 1.17 bits per heavy atom. The first-order valence-electron chi connectivity index (χ1n) is 6.15. The third-order valence-corrected chi connectivity index (χ3v) is 3.56. The van der Waals surface area contributed by atoms with Crippen molar-refractivity contribution in [1.82, 2.24) is 0 Å². The molecule has 0 saturated heterocycles. The molecular weight excluding hydrogens is 238 g/mol.